The van der Waals surface area contributed by atoms with Crippen LogP contribution in [0.3, 0.4) is 0 Å². The molecule has 1 aromatic carbocycles. The van der Waals surface area contributed by atoms with Crippen LogP contribution in [-0.2, 0) is 9.59 Å². The van der Waals surface area contributed by atoms with Gasteiger partial charge in [-0.3, -0.25) is 14.4 Å². The Morgan fingerprint density at radius 1 is 1.04 bits per heavy atom. The van der Waals surface area contributed by atoms with E-state index in [4.69, 9.17) is 0 Å². The lowest BCUT2D eigenvalue weighted by Gasteiger charge is -2.37. The Bertz CT molecular complexity index is 619. The predicted molar refractivity (Wildman–Crippen MR) is 72.7 cm³/mol. The van der Waals surface area contributed by atoms with Crippen LogP contribution >= 0.6 is 0 Å². The molecule has 0 bridgehead atoms. The Morgan fingerprint density at radius 3 is 2.00 bits per heavy atom. The highest BCUT2D eigenvalue weighted by Crippen LogP contribution is 2.36. The van der Waals surface area contributed by atoms with Crippen LogP contribution in [0, 0.1) is 5.41 Å². The zero-order valence-corrected chi connectivity index (χ0v) is 12.0. The molecule has 0 atom stereocenters. The van der Waals surface area contributed by atoms with Crippen LogP contribution < -0.4 is 0 Å². The van der Waals surface area contributed by atoms with Gasteiger partial charge in [-0.15, -0.1) is 0 Å². The van der Waals surface area contributed by atoms with E-state index in [1.807, 2.05) is 0 Å². The van der Waals surface area contributed by atoms with E-state index >= 15 is 0 Å². The van der Waals surface area contributed by atoms with Crippen molar-refractivity contribution in [3.63, 3.8) is 0 Å². The normalized spacial score (nSPS) is 17.6. The Balaban J connectivity index is 2.21. The van der Waals surface area contributed by atoms with Crippen molar-refractivity contribution in [2.75, 3.05) is 13.1 Å². The number of ketones is 1. The maximum Gasteiger partial charge on any atom is 0.471 e. The van der Waals surface area contributed by atoms with E-state index in [-0.39, 0.29) is 18.4 Å². The zero-order chi connectivity index (χ0) is 17.3. The average Bonchev–Trinajstić information content (AvgIpc) is 2.53. The molecule has 124 valence electrons. The van der Waals surface area contributed by atoms with Gasteiger partial charge in [0.25, 0.3) is 0 Å². The minimum atomic E-state index is -5.01. The average molecular weight is 329 g/mol. The van der Waals surface area contributed by atoms with Crippen LogP contribution in [0.4, 0.5) is 13.2 Å². The molecule has 0 saturated carbocycles. The molecule has 1 saturated heterocycles. The van der Waals surface area contributed by atoms with E-state index in [1.165, 1.54) is 12.1 Å². The van der Waals surface area contributed by atoms with Crippen molar-refractivity contribution in [1.29, 1.82) is 0 Å². The number of piperidine rings is 1. The number of benzene rings is 1. The molecular weight excluding hydrogens is 315 g/mol. The molecule has 1 N–H and O–H groups in total. The first kappa shape index (κ1) is 17.0. The van der Waals surface area contributed by atoms with Gasteiger partial charge >= 0.3 is 18.1 Å². The molecule has 0 spiro atoms. The van der Waals surface area contributed by atoms with E-state index in [0.29, 0.717) is 4.90 Å². The Hall–Kier alpha value is -2.38. The summed E-state index contributed by atoms with van der Waals surface area (Å²) in [4.78, 5) is 35.9. The zero-order valence-electron chi connectivity index (χ0n) is 12.0. The number of carboxylic acids is 1. The standard InChI is InChI=1S/C15H14F3NO4/c16-15(17,18)12(21)19-8-6-14(7-9-19,13(22)23)11(20)10-4-2-1-3-5-10/h1-5H,6-9H2,(H,22,23). The number of carbonyl (C=O) groups excluding carboxylic acids is 2. The minimum absolute atomic E-state index is 0.186. The summed E-state index contributed by atoms with van der Waals surface area (Å²) < 4.78 is 37.3. The molecule has 0 aliphatic carbocycles. The van der Waals surface area contributed by atoms with Crippen molar-refractivity contribution in [1.82, 2.24) is 4.90 Å². The summed E-state index contributed by atoms with van der Waals surface area (Å²) in [6.07, 6.45) is -5.71. The summed E-state index contributed by atoms with van der Waals surface area (Å²) in [5.41, 5.74) is -1.62. The number of alkyl halides is 3. The van der Waals surface area contributed by atoms with Crippen LogP contribution in [0.2, 0.25) is 0 Å². The van der Waals surface area contributed by atoms with Crippen LogP contribution in [0.25, 0.3) is 0 Å². The van der Waals surface area contributed by atoms with Crippen LogP contribution in [0.5, 0.6) is 0 Å². The van der Waals surface area contributed by atoms with Gasteiger partial charge in [0.2, 0.25) is 0 Å². The first-order chi connectivity index (χ1) is 10.7. The number of carboxylic acid groups (broad SMARTS) is 1. The number of amides is 1. The Labute approximate surface area is 129 Å². The summed E-state index contributed by atoms with van der Waals surface area (Å²) in [5.74, 6) is -4.04. The van der Waals surface area contributed by atoms with Crippen LogP contribution in [-0.4, -0.2) is 46.9 Å². The second-order valence-electron chi connectivity index (χ2n) is 5.37. The molecule has 1 aromatic rings. The number of likely N-dealkylation sites (tertiary alicyclic amines) is 1. The van der Waals surface area contributed by atoms with E-state index in [0.717, 1.165) is 0 Å². The van der Waals surface area contributed by atoms with Crippen molar-refractivity contribution in [2.24, 2.45) is 5.41 Å². The van der Waals surface area contributed by atoms with E-state index in [1.54, 1.807) is 18.2 Å². The summed E-state index contributed by atoms with van der Waals surface area (Å²) in [6.45, 7) is -0.855. The predicted octanol–water partition coefficient (Wildman–Crippen LogP) is 2.12. The van der Waals surface area contributed by atoms with Gasteiger partial charge in [0.15, 0.2) is 5.78 Å². The fourth-order valence-corrected chi connectivity index (χ4v) is 2.67. The van der Waals surface area contributed by atoms with Gasteiger partial charge in [-0.2, -0.15) is 13.2 Å². The Kier molecular flexibility index (Phi) is 4.44. The van der Waals surface area contributed by atoms with Gasteiger partial charge in [-0.05, 0) is 12.8 Å². The number of carbonyl (C=O) groups is 3. The highest BCUT2D eigenvalue weighted by molar-refractivity contribution is 6.12. The fourth-order valence-electron chi connectivity index (χ4n) is 2.67. The number of hydrogen-bond donors (Lipinski definition) is 1. The van der Waals surface area contributed by atoms with Crippen LogP contribution in [0.1, 0.15) is 23.2 Å². The third kappa shape index (κ3) is 3.20. The van der Waals surface area contributed by atoms with Crippen molar-refractivity contribution < 1.29 is 32.7 Å². The number of aliphatic carboxylic acids is 1. The smallest absolute Gasteiger partial charge is 0.471 e. The van der Waals surface area contributed by atoms with Gasteiger partial charge in [0.1, 0.15) is 5.41 Å². The van der Waals surface area contributed by atoms with Gasteiger partial charge in [0, 0.05) is 18.7 Å². The maximum absolute atomic E-state index is 12.5. The number of hydrogen-bond acceptors (Lipinski definition) is 3. The number of nitrogens with zero attached hydrogens (tertiary/aromatic N) is 1. The second kappa shape index (κ2) is 6.02. The molecule has 0 unspecified atom stereocenters. The molecule has 8 heteroatoms. The van der Waals surface area contributed by atoms with E-state index in [9.17, 15) is 32.7 Å². The third-order valence-corrected chi connectivity index (χ3v) is 4.03. The quantitative estimate of drug-likeness (QED) is 0.681. The molecule has 23 heavy (non-hydrogen) atoms. The second-order valence-corrected chi connectivity index (χ2v) is 5.37. The van der Waals surface area contributed by atoms with Gasteiger partial charge in [0.05, 0.1) is 0 Å². The minimum Gasteiger partial charge on any atom is -0.480 e. The molecule has 1 aliphatic rings. The monoisotopic (exact) mass is 329 g/mol. The van der Waals surface area contributed by atoms with Gasteiger partial charge in [-0.25, -0.2) is 0 Å². The first-order valence-electron chi connectivity index (χ1n) is 6.88. The lowest BCUT2D eigenvalue weighted by molar-refractivity contribution is -0.187. The highest BCUT2D eigenvalue weighted by atomic mass is 19.4. The SMILES string of the molecule is O=C(N1CCC(C(=O)O)(C(=O)c2ccccc2)CC1)C(F)(F)F. The number of Topliss-reactive ketones (excluding diaryl/α,β-unsaturated/α-hetero) is 1. The lowest BCUT2D eigenvalue weighted by atomic mass is 9.72. The fraction of sp³-hybridized carbons (Fsp3) is 0.400. The van der Waals surface area contributed by atoms with Crippen molar-refractivity contribution in [2.45, 2.75) is 19.0 Å². The van der Waals surface area contributed by atoms with Crippen LogP contribution in [0.15, 0.2) is 30.3 Å². The van der Waals surface area contributed by atoms with E-state index < -0.39 is 42.3 Å². The third-order valence-electron chi connectivity index (χ3n) is 4.03. The molecular formula is C15H14F3NO4. The topological polar surface area (TPSA) is 74.7 Å². The molecule has 1 heterocycles. The van der Waals surface area contributed by atoms with Crippen molar-refractivity contribution in [3.8, 4) is 0 Å². The molecule has 1 fully saturated rings. The van der Waals surface area contributed by atoms with Gasteiger partial charge in [-0.1, -0.05) is 30.3 Å². The van der Waals surface area contributed by atoms with E-state index in [2.05, 4.69) is 0 Å². The first-order valence-corrected chi connectivity index (χ1v) is 6.88. The summed E-state index contributed by atoms with van der Waals surface area (Å²) >= 11 is 0. The van der Waals surface area contributed by atoms with Gasteiger partial charge < -0.3 is 10.0 Å². The molecule has 1 amide bonds. The maximum atomic E-state index is 12.5. The summed E-state index contributed by atoms with van der Waals surface area (Å²) in [6, 6.07) is 7.73. The highest BCUT2D eigenvalue weighted by Gasteiger charge is 2.51. The molecule has 0 aromatic heterocycles. The summed E-state index contributed by atoms with van der Waals surface area (Å²) in [5, 5.41) is 9.46. The number of halogens is 3. The Morgan fingerprint density at radius 2 is 1.57 bits per heavy atom. The lowest BCUT2D eigenvalue weighted by Crippen LogP contribution is -2.53. The molecule has 5 nitrogen and oxygen atoms in total. The van der Waals surface area contributed by atoms with Crippen molar-refractivity contribution >= 4 is 17.7 Å². The molecule has 2 rings (SSSR count). The largest absolute Gasteiger partial charge is 0.480 e. The molecule has 0 radical (unpaired) electrons. The number of rotatable bonds is 3. The summed E-state index contributed by atoms with van der Waals surface area (Å²) in [7, 11) is 0. The molecule has 1 aliphatic heterocycles. The van der Waals surface area contributed by atoms with Crippen molar-refractivity contribution in [3.05, 3.63) is 35.9 Å².